The number of amides is 1. The third-order valence-corrected chi connectivity index (χ3v) is 5.81. The first-order chi connectivity index (χ1) is 17.4. The Morgan fingerprint density at radius 3 is 1.97 bits per heavy atom. The molecule has 6 heteroatoms. The second kappa shape index (κ2) is 13.5. The Bertz CT molecular complexity index is 1120. The molecule has 0 saturated carbocycles. The number of hydrogen-bond donors (Lipinski definition) is 0. The number of benzene rings is 3. The van der Waals surface area contributed by atoms with Crippen LogP contribution in [0.25, 0.3) is 11.1 Å². The van der Waals surface area contributed by atoms with Crippen molar-refractivity contribution in [2.45, 2.75) is 13.3 Å². The molecular weight excluding hydrogens is 452 g/mol. The average molecular weight is 489 g/mol. The maximum Gasteiger partial charge on any atom is 0.258 e. The first kappa shape index (κ1) is 27.0. The van der Waals surface area contributed by atoms with Crippen LogP contribution in [0.5, 0.6) is 11.5 Å². The maximum absolute atomic E-state index is 14.0. The van der Waals surface area contributed by atoms with Gasteiger partial charge in [-0.15, -0.1) is 0 Å². The number of anilines is 1. The van der Waals surface area contributed by atoms with E-state index in [2.05, 4.69) is 11.8 Å². The van der Waals surface area contributed by atoms with Gasteiger partial charge in [-0.25, -0.2) is 0 Å². The minimum Gasteiger partial charge on any atom is -0.492 e. The molecule has 0 aliphatic carbocycles. The van der Waals surface area contributed by atoms with Crippen LogP contribution in [0.15, 0.2) is 78.9 Å². The predicted molar refractivity (Wildman–Crippen MR) is 146 cm³/mol. The summed E-state index contributed by atoms with van der Waals surface area (Å²) < 4.78 is 16.3. The third-order valence-electron chi connectivity index (χ3n) is 5.81. The quantitative estimate of drug-likeness (QED) is 0.189. The largest absolute Gasteiger partial charge is 0.492 e. The van der Waals surface area contributed by atoms with Gasteiger partial charge in [-0.1, -0.05) is 49.4 Å². The lowest BCUT2D eigenvalue weighted by molar-refractivity contribution is -0.113. The molecule has 0 atom stereocenters. The molecule has 3 aromatic rings. The van der Waals surface area contributed by atoms with Gasteiger partial charge in [0.15, 0.2) is 6.79 Å². The van der Waals surface area contributed by atoms with E-state index in [1.54, 1.807) is 19.1 Å². The number of carbonyl (C=O) groups excluding carboxylic acids is 1. The van der Waals surface area contributed by atoms with E-state index in [1.807, 2.05) is 93.0 Å². The zero-order valence-electron chi connectivity index (χ0n) is 21.9. The number of rotatable bonds is 12. The van der Waals surface area contributed by atoms with Gasteiger partial charge in [-0.05, 0) is 73.6 Å². The van der Waals surface area contributed by atoms with Crippen molar-refractivity contribution in [3.05, 3.63) is 90.0 Å². The van der Waals surface area contributed by atoms with Gasteiger partial charge in [0.2, 0.25) is 0 Å². The Labute approximate surface area is 214 Å². The van der Waals surface area contributed by atoms with E-state index < -0.39 is 0 Å². The van der Waals surface area contributed by atoms with Gasteiger partial charge in [-0.3, -0.25) is 4.79 Å². The van der Waals surface area contributed by atoms with Crippen molar-refractivity contribution in [2.24, 2.45) is 0 Å². The van der Waals surface area contributed by atoms with Gasteiger partial charge in [0.05, 0.1) is 5.57 Å². The lowest BCUT2D eigenvalue weighted by atomic mass is 9.91. The number of ether oxygens (including phenoxy) is 3. The summed E-state index contributed by atoms with van der Waals surface area (Å²) in [5.74, 6) is 1.38. The van der Waals surface area contributed by atoms with Crippen molar-refractivity contribution in [1.29, 1.82) is 0 Å². The fraction of sp³-hybridized carbons (Fsp3) is 0.300. The highest BCUT2D eigenvalue weighted by Gasteiger charge is 2.22. The minimum absolute atomic E-state index is 0.0810. The van der Waals surface area contributed by atoms with E-state index in [1.165, 1.54) is 0 Å². The van der Waals surface area contributed by atoms with Crippen LogP contribution in [0, 0.1) is 0 Å². The number of hydrogen-bond acceptors (Lipinski definition) is 5. The molecule has 0 aromatic heterocycles. The number of likely N-dealkylation sites (N-methyl/N-ethyl adjacent to an activating group) is 2. The van der Waals surface area contributed by atoms with Crippen molar-refractivity contribution >= 4 is 22.7 Å². The van der Waals surface area contributed by atoms with Gasteiger partial charge in [0.1, 0.15) is 18.1 Å². The Hall–Kier alpha value is -3.61. The molecular formula is C30H36N2O4. The first-order valence-corrected chi connectivity index (χ1v) is 12.1. The summed E-state index contributed by atoms with van der Waals surface area (Å²) in [5.41, 5.74) is 4.31. The average Bonchev–Trinajstić information content (AvgIpc) is 2.91. The van der Waals surface area contributed by atoms with Gasteiger partial charge >= 0.3 is 0 Å². The Morgan fingerprint density at radius 1 is 0.778 bits per heavy atom. The topological polar surface area (TPSA) is 51.2 Å². The molecule has 0 fully saturated rings. The molecule has 6 nitrogen and oxygen atoms in total. The number of allylic oxidation sites excluding steroid dienone is 1. The maximum atomic E-state index is 14.0. The standard InChI is InChI=1S/C30H36N2O4/c1-6-28(23-10-8-7-9-11-23)29(24-12-16-27(17-13-24)36-22-34-5)30(33)32(4)25-14-18-26(19-15-25)35-21-20-31(2)3/h7-19H,6,20-22H2,1-5H3/b29-28-. The highest BCUT2D eigenvalue weighted by molar-refractivity contribution is 6.32. The molecule has 36 heavy (non-hydrogen) atoms. The summed E-state index contributed by atoms with van der Waals surface area (Å²) >= 11 is 0. The molecule has 0 bridgehead atoms. The smallest absolute Gasteiger partial charge is 0.258 e. The van der Waals surface area contributed by atoms with E-state index in [4.69, 9.17) is 14.2 Å². The molecule has 0 aliphatic heterocycles. The molecule has 190 valence electrons. The van der Waals surface area contributed by atoms with Crippen molar-refractivity contribution in [3.8, 4) is 11.5 Å². The molecule has 0 aliphatic rings. The van der Waals surface area contributed by atoms with E-state index in [9.17, 15) is 4.79 Å². The van der Waals surface area contributed by atoms with Gasteiger partial charge < -0.3 is 24.0 Å². The zero-order chi connectivity index (χ0) is 25.9. The van der Waals surface area contributed by atoms with Crippen LogP contribution in [-0.4, -0.2) is 59.0 Å². The SMILES string of the molecule is CC/C(=C(/C(=O)N(C)c1ccc(OCCN(C)C)cc1)c1ccc(OCOC)cc1)c1ccccc1. The van der Waals surface area contributed by atoms with Crippen molar-refractivity contribution in [1.82, 2.24) is 4.90 Å². The summed E-state index contributed by atoms with van der Waals surface area (Å²) in [6.45, 7) is 3.69. The van der Waals surface area contributed by atoms with Crippen molar-refractivity contribution in [3.63, 3.8) is 0 Å². The number of nitrogens with zero attached hydrogens (tertiary/aromatic N) is 2. The fourth-order valence-corrected chi connectivity index (χ4v) is 3.83. The molecule has 3 aromatic carbocycles. The highest BCUT2D eigenvalue weighted by Crippen LogP contribution is 2.33. The summed E-state index contributed by atoms with van der Waals surface area (Å²) in [5, 5.41) is 0. The van der Waals surface area contributed by atoms with E-state index >= 15 is 0 Å². The highest BCUT2D eigenvalue weighted by atomic mass is 16.7. The van der Waals surface area contributed by atoms with Gasteiger partial charge in [0.25, 0.3) is 5.91 Å². The Balaban J connectivity index is 1.94. The third kappa shape index (κ3) is 7.20. The van der Waals surface area contributed by atoms with Crippen LogP contribution in [0.1, 0.15) is 24.5 Å². The second-order valence-electron chi connectivity index (χ2n) is 8.66. The summed E-state index contributed by atoms with van der Waals surface area (Å²) in [6, 6.07) is 25.3. The van der Waals surface area contributed by atoms with Crippen LogP contribution in [0.2, 0.25) is 0 Å². The van der Waals surface area contributed by atoms with Crippen LogP contribution >= 0.6 is 0 Å². The zero-order valence-corrected chi connectivity index (χ0v) is 21.9. The predicted octanol–water partition coefficient (Wildman–Crippen LogP) is 5.59. The molecule has 0 unspecified atom stereocenters. The minimum atomic E-state index is -0.0810. The molecule has 0 radical (unpaired) electrons. The lowest BCUT2D eigenvalue weighted by Gasteiger charge is -2.23. The molecule has 1 amide bonds. The number of methoxy groups -OCH3 is 1. The first-order valence-electron chi connectivity index (χ1n) is 12.1. The van der Waals surface area contributed by atoms with Crippen LogP contribution in [0.3, 0.4) is 0 Å². The van der Waals surface area contributed by atoms with E-state index in [0.29, 0.717) is 24.4 Å². The van der Waals surface area contributed by atoms with Gasteiger partial charge in [0, 0.05) is 26.4 Å². The molecule has 3 rings (SSSR count). The van der Waals surface area contributed by atoms with Crippen molar-refractivity contribution < 1.29 is 19.0 Å². The summed E-state index contributed by atoms with van der Waals surface area (Å²) in [7, 11) is 7.41. The van der Waals surface area contributed by atoms with Crippen molar-refractivity contribution in [2.75, 3.05) is 53.1 Å². The summed E-state index contributed by atoms with van der Waals surface area (Å²) in [4.78, 5) is 17.7. The second-order valence-corrected chi connectivity index (χ2v) is 8.66. The monoisotopic (exact) mass is 488 g/mol. The van der Waals surface area contributed by atoms with Crippen LogP contribution < -0.4 is 14.4 Å². The number of carbonyl (C=O) groups is 1. The van der Waals surface area contributed by atoms with Crippen LogP contribution in [-0.2, 0) is 9.53 Å². The molecule has 0 heterocycles. The normalized spacial score (nSPS) is 11.7. The van der Waals surface area contributed by atoms with E-state index in [0.717, 1.165) is 34.7 Å². The fourth-order valence-electron chi connectivity index (χ4n) is 3.83. The molecule has 0 N–H and O–H groups in total. The Kier molecular flexibility index (Phi) is 10.1. The van der Waals surface area contributed by atoms with Crippen LogP contribution in [0.4, 0.5) is 5.69 Å². The van der Waals surface area contributed by atoms with Gasteiger partial charge in [-0.2, -0.15) is 0 Å². The lowest BCUT2D eigenvalue weighted by Crippen LogP contribution is -2.28. The van der Waals surface area contributed by atoms with E-state index in [-0.39, 0.29) is 12.7 Å². The molecule has 0 saturated heterocycles. The summed E-state index contributed by atoms with van der Waals surface area (Å²) in [6.07, 6.45) is 0.708. The molecule has 0 spiro atoms. The Morgan fingerprint density at radius 2 is 1.39 bits per heavy atom.